The molecule has 4 rings (SSSR count). The van der Waals surface area contributed by atoms with E-state index in [9.17, 15) is 0 Å². The Balaban J connectivity index is 1.32. The minimum Gasteiger partial charge on any atom is -0.247 e. The Kier molecular flexibility index (Phi) is 6.98. The summed E-state index contributed by atoms with van der Waals surface area (Å²) in [6.07, 6.45) is 11.1. The molecule has 28 heavy (non-hydrogen) atoms. The molecule has 0 heterocycles. The first kappa shape index (κ1) is 21.0. The van der Waals surface area contributed by atoms with Crippen molar-refractivity contribution in [2.75, 3.05) is 0 Å². The maximum atomic E-state index is 15.2. The molecule has 0 aromatic heterocycles. The Bertz CT molecular complexity index is 480. The maximum Gasteiger partial charge on any atom is 0.134 e. The fourth-order valence-corrected chi connectivity index (χ4v) is 7.53. The summed E-state index contributed by atoms with van der Waals surface area (Å²) in [7, 11) is 0. The van der Waals surface area contributed by atoms with Gasteiger partial charge in [0.05, 0.1) is 0 Å². The fraction of sp³-hybridized carbons (Fsp3) is 1.00. The molecule has 0 spiro atoms. The van der Waals surface area contributed by atoms with E-state index in [1.165, 1.54) is 44.9 Å². The van der Waals surface area contributed by atoms with Crippen molar-refractivity contribution in [1.29, 1.82) is 0 Å². The van der Waals surface area contributed by atoms with Gasteiger partial charge in [-0.3, -0.25) is 0 Å². The zero-order valence-corrected chi connectivity index (χ0v) is 17.8. The van der Waals surface area contributed by atoms with Crippen molar-refractivity contribution in [3.63, 3.8) is 0 Å². The molecule has 7 atom stereocenters. The SMILES string of the molecule is CC1CCC(C2CCC(C3CCC(C4CCCCC4)C(F)C3)C(F)C2F)CC1. The summed E-state index contributed by atoms with van der Waals surface area (Å²) >= 11 is 0. The van der Waals surface area contributed by atoms with E-state index in [4.69, 9.17) is 0 Å². The Morgan fingerprint density at radius 1 is 0.500 bits per heavy atom. The maximum absolute atomic E-state index is 15.2. The highest BCUT2D eigenvalue weighted by atomic mass is 19.2. The van der Waals surface area contributed by atoms with Crippen LogP contribution in [0.1, 0.15) is 96.8 Å². The van der Waals surface area contributed by atoms with Crippen LogP contribution in [0, 0.1) is 41.4 Å². The molecule has 0 saturated heterocycles. The van der Waals surface area contributed by atoms with Crippen LogP contribution in [0.4, 0.5) is 13.2 Å². The second kappa shape index (κ2) is 9.29. The van der Waals surface area contributed by atoms with Crippen LogP contribution < -0.4 is 0 Å². The molecular formula is C25H41F3. The second-order valence-corrected chi connectivity index (χ2v) is 11.0. The predicted molar refractivity (Wildman–Crippen MR) is 109 cm³/mol. The zero-order valence-electron chi connectivity index (χ0n) is 17.8. The van der Waals surface area contributed by atoms with Gasteiger partial charge in [-0.1, -0.05) is 51.9 Å². The Labute approximate surface area is 170 Å². The topological polar surface area (TPSA) is 0 Å². The number of rotatable bonds is 3. The first-order chi connectivity index (χ1) is 13.5. The Morgan fingerprint density at radius 2 is 1.00 bits per heavy atom. The van der Waals surface area contributed by atoms with Gasteiger partial charge in [-0.25, -0.2) is 13.2 Å². The number of halogens is 3. The number of hydrogen-bond acceptors (Lipinski definition) is 0. The summed E-state index contributed by atoms with van der Waals surface area (Å²) in [5.74, 6) is 1.60. The van der Waals surface area contributed by atoms with E-state index in [1.54, 1.807) is 0 Å². The molecule has 162 valence electrons. The van der Waals surface area contributed by atoms with Gasteiger partial charge in [0.15, 0.2) is 0 Å². The molecule has 0 N–H and O–H groups in total. The largest absolute Gasteiger partial charge is 0.247 e. The van der Waals surface area contributed by atoms with Gasteiger partial charge in [0.25, 0.3) is 0 Å². The van der Waals surface area contributed by atoms with Crippen LogP contribution in [0.5, 0.6) is 0 Å². The van der Waals surface area contributed by atoms with Crippen molar-refractivity contribution in [3.05, 3.63) is 0 Å². The van der Waals surface area contributed by atoms with E-state index in [2.05, 4.69) is 6.92 Å². The molecule has 0 aromatic carbocycles. The van der Waals surface area contributed by atoms with Crippen molar-refractivity contribution in [1.82, 2.24) is 0 Å². The van der Waals surface area contributed by atoms with E-state index >= 15 is 13.2 Å². The Hall–Kier alpha value is -0.210. The van der Waals surface area contributed by atoms with E-state index < -0.39 is 18.5 Å². The summed E-state index contributed by atoms with van der Waals surface area (Å²) in [6.45, 7) is 2.27. The van der Waals surface area contributed by atoms with Gasteiger partial charge in [0.2, 0.25) is 0 Å². The van der Waals surface area contributed by atoms with E-state index in [-0.39, 0.29) is 23.7 Å². The molecular weight excluding hydrogens is 357 g/mol. The Morgan fingerprint density at radius 3 is 1.61 bits per heavy atom. The third-order valence-corrected chi connectivity index (χ3v) is 9.35. The molecule has 4 aliphatic rings. The van der Waals surface area contributed by atoms with Gasteiger partial charge in [-0.15, -0.1) is 0 Å². The lowest BCUT2D eigenvalue weighted by Crippen LogP contribution is -2.46. The van der Waals surface area contributed by atoms with Gasteiger partial charge in [0, 0.05) is 0 Å². The normalized spacial score (nSPS) is 49.1. The molecule has 4 saturated carbocycles. The zero-order chi connectivity index (χ0) is 19.7. The summed E-state index contributed by atoms with van der Waals surface area (Å²) < 4.78 is 45.4. The van der Waals surface area contributed by atoms with Crippen molar-refractivity contribution in [3.8, 4) is 0 Å². The molecule has 0 radical (unpaired) electrons. The smallest absolute Gasteiger partial charge is 0.134 e. The van der Waals surface area contributed by atoms with Crippen LogP contribution in [-0.2, 0) is 0 Å². The average molecular weight is 399 g/mol. The molecule has 0 amide bonds. The molecule has 7 unspecified atom stereocenters. The first-order valence-electron chi connectivity index (χ1n) is 12.5. The average Bonchev–Trinajstić information content (AvgIpc) is 2.71. The number of hydrogen-bond donors (Lipinski definition) is 0. The van der Waals surface area contributed by atoms with Crippen LogP contribution in [0.15, 0.2) is 0 Å². The van der Waals surface area contributed by atoms with Gasteiger partial charge >= 0.3 is 0 Å². The molecule has 4 aliphatic carbocycles. The van der Waals surface area contributed by atoms with Gasteiger partial charge in [-0.05, 0) is 86.4 Å². The monoisotopic (exact) mass is 398 g/mol. The molecule has 4 fully saturated rings. The molecule has 0 aliphatic heterocycles. The van der Waals surface area contributed by atoms with E-state index in [0.29, 0.717) is 18.3 Å². The number of alkyl halides is 3. The molecule has 3 heteroatoms. The lowest BCUT2D eigenvalue weighted by molar-refractivity contribution is -0.0486. The predicted octanol–water partition coefficient (Wildman–Crippen LogP) is 7.85. The van der Waals surface area contributed by atoms with Gasteiger partial charge < -0.3 is 0 Å². The minimum absolute atomic E-state index is 0.0652. The van der Waals surface area contributed by atoms with Crippen LogP contribution in [0.3, 0.4) is 0 Å². The standard InChI is InChI=1S/C25H41F3/c1-16-7-9-18(10-8-16)21-13-14-22(25(28)24(21)27)19-11-12-20(23(26)15-19)17-5-3-2-4-6-17/h16-25H,2-15H2,1H3. The lowest BCUT2D eigenvalue weighted by Gasteiger charge is -2.46. The van der Waals surface area contributed by atoms with Crippen molar-refractivity contribution in [2.24, 2.45) is 41.4 Å². The van der Waals surface area contributed by atoms with Crippen molar-refractivity contribution >= 4 is 0 Å². The van der Waals surface area contributed by atoms with E-state index in [1.807, 2.05) is 0 Å². The van der Waals surface area contributed by atoms with Crippen molar-refractivity contribution in [2.45, 2.75) is 115 Å². The highest BCUT2D eigenvalue weighted by molar-refractivity contribution is 4.97. The van der Waals surface area contributed by atoms with Gasteiger partial charge in [0.1, 0.15) is 18.5 Å². The first-order valence-corrected chi connectivity index (χ1v) is 12.5. The van der Waals surface area contributed by atoms with Crippen LogP contribution in [0.25, 0.3) is 0 Å². The van der Waals surface area contributed by atoms with Crippen LogP contribution >= 0.6 is 0 Å². The third-order valence-electron chi connectivity index (χ3n) is 9.35. The van der Waals surface area contributed by atoms with E-state index in [0.717, 1.165) is 44.4 Å². The highest BCUT2D eigenvalue weighted by Crippen LogP contribution is 2.50. The lowest BCUT2D eigenvalue weighted by atomic mass is 9.62. The second-order valence-electron chi connectivity index (χ2n) is 11.0. The van der Waals surface area contributed by atoms with Crippen LogP contribution in [0.2, 0.25) is 0 Å². The summed E-state index contributed by atoms with van der Waals surface area (Å²) in [5.41, 5.74) is 0. The summed E-state index contributed by atoms with van der Waals surface area (Å²) in [6, 6.07) is 0. The highest BCUT2D eigenvalue weighted by Gasteiger charge is 2.48. The minimum atomic E-state index is -1.36. The third kappa shape index (κ3) is 4.43. The summed E-state index contributed by atoms with van der Waals surface area (Å²) in [5, 5.41) is 0. The molecule has 0 nitrogen and oxygen atoms in total. The van der Waals surface area contributed by atoms with Gasteiger partial charge in [-0.2, -0.15) is 0 Å². The van der Waals surface area contributed by atoms with Crippen LogP contribution in [-0.4, -0.2) is 18.5 Å². The van der Waals surface area contributed by atoms with Crippen molar-refractivity contribution < 1.29 is 13.2 Å². The molecule has 0 bridgehead atoms. The molecule has 0 aromatic rings. The quantitative estimate of drug-likeness (QED) is 0.454. The fourth-order valence-electron chi connectivity index (χ4n) is 7.53. The summed E-state index contributed by atoms with van der Waals surface area (Å²) in [4.78, 5) is 0.